The Morgan fingerprint density at radius 3 is 2.68 bits per heavy atom. The van der Waals surface area contributed by atoms with Gasteiger partial charge in [0.15, 0.2) is 5.69 Å². The number of anilines is 1. The molecule has 2 N–H and O–H groups in total. The molecule has 0 aliphatic heterocycles. The van der Waals surface area contributed by atoms with Crippen LogP contribution in [0.3, 0.4) is 0 Å². The Morgan fingerprint density at radius 2 is 1.94 bits per heavy atom. The highest BCUT2D eigenvalue weighted by Crippen LogP contribution is 2.35. The molecule has 170 valence electrons. The van der Waals surface area contributed by atoms with Crippen LogP contribution in [-0.4, -0.2) is 41.1 Å². The minimum absolute atomic E-state index is 0.0949. The van der Waals surface area contributed by atoms with Crippen molar-refractivity contribution in [2.45, 2.75) is 6.18 Å². The summed E-state index contributed by atoms with van der Waals surface area (Å²) in [6.45, 7) is 0. The van der Waals surface area contributed by atoms with Crippen molar-refractivity contribution < 1.29 is 18.0 Å². The molecular weight excluding hydrogens is 473 g/mol. The first-order valence-corrected chi connectivity index (χ1v) is 10.0. The first-order chi connectivity index (χ1) is 16.3. The molecule has 0 aliphatic carbocycles. The van der Waals surface area contributed by atoms with Crippen LogP contribution in [0.2, 0.25) is 5.02 Å². The monoisotopic (exact) mass is 484 g/mol. The molecule has 4 heterocycles. The molecule has 0 radical (unpaired) electrons. The number of fused-ring (bicyclic) bond motifs is 1. The quantitative estimate of drug-likeness (QED) is 0.387. The van der Waals surface area contributed by atoms with Crippen LogP contribution in [0.25, 0.3) is 28.0 Å². The Kier molecular flexibility index (Phi) is 5.21. The molecule has 0 unspecified atom stereocenters. The number of aromatic nitrogens is 7. The van der Waals surface area contributed by atoms with Crippen molar-refractivity contribution in [1.29, 1.82) is 0 Å². The first kappa shape index (κ1) is 21.5. The van der Waals surface area contributed by atoms with Crippen LogP contribution in [0.1, 0.15) is 16.1 Å². The average Bonchev–Trinajstić information content (AvgIpc) is 3.49. The van der Waals surface area contributed by atoms with Gasteiger partial charge in [0.05, 0.1) is 46.1 Å². The van der Waals surface area contributed by atoms with Gasteiger partial charge in [-0.3, -0.25) is 14.8 Å². The number of amides is 1. The first-order valence-electron chi connectivity index (χ1n) is 9.65. The lowest BCUT2D eigenvalue weighted by Crippen LogP contribution is -2.21. The molecule has 5 rings (SSSR count). The number of aromatic amines is 1. The van der Waals surface area contributed by atoms with Crippen molar-refractivity contribution in [3.8, 4) is 17.1 Å². The normalized spacial score (nSPS) is 11.6. The van der Waals surface area contributed by atoms with E-state index in [0.717, 1.165) is 6.20 Å². The Balaban J connectivity index is 1.53. The summed E-state index contributed by atoms with van der Waals surface area (Å²) in [5, 5.41) is 16.8. The SMILES string of the molecule is O=C(Nc1cnc(-c2cn[nH]n2)c(Cl)c1)c1cnn(-c2cccc3ncccc23)c1C(F)(F)F. The lowest BCUT2D eigenvalue weighted by molar-refractivity contribution is -0.143. The van der Waals surface area contributed by atoms with Gasteiger partial charge in [-0.2, -0.15) is 33.7 Å². The predicted octanol–water partition coefficient (Wildman–Crippen LogP) is 4.53. The summed E-state index contributed by atoms with van der Waals surface area (Å²) in [5.74, 6) is -1.02. The zero-order valence-electron chi connectivity index (χ0n) is 16.9. The number of halogens is 4. The average molecular weight is 485 g/mol. The van der Waals surface area contributed by atoms with Crippen LogP contribution < -0.4 is 5.32 Å². The largest absolute Gasteiger partial charge is 0.434 e. The van der Waals surface area contributed by atoms with E-state index in [1.807, 2.05) is 0 Å². The second kappa shape index (κ2) is 8.23. The number of rotatable bonds is 4. The number of alkyl halides is 3. The number of carbonyl (C=O) groups is 1. The molecule has 0 saturated heterocycles. The van der Waals surface area contributed by atoms with E-state index in [0.29, 0.717) is 27.0 Å². The molecule has 1 aromatic carbocycles. The predicted molar refractivity (Wildman–Crippen MR) is 116 cm³/mol. The molecule has 0 saturated carbocycles. The molecule has 13 heteroatoms. The van der Waals surface area contributed by atoms with Gasteiger partial charge in [-0.1, -0.05) is 17.7 Å². The summed E-state index contributed by atoms with van der Waals surface area (Å²) in [6.07, 6.45) is 0.180. The molecule has 34 heavy (non-hydrogen) atoms. The van der Waals surface area contributed by atoms with E-state index >= 15 is 0 Å². The van der Waals surface area contributed by atoms with Crippen LogP contribution in [-0.2, 0) is 6.18 Å². The zero-order chi connectivity index (χ0) is 23.9. The number of H-pyrrole nitrogens is 1. The maximum atomic E-state index is 14.1. The van der Waals surface area contributed by atoms with Gasteiger partial charge >= 0.3 is 6.18 Å². The third-order valence-electron chi connectivity index (χ3n) is 4.89. The molecule has 0 spiro atoms. The van der Waals surface area contributed by atoms with Gasteiger partial charge in [-0.15, -0.1) is 0 Å². The van der Waals surface area contributed by atoms with E-state index in [1.54, 1.807) is 24.3 Å². The second-order valence-electron chi connectivity index (χ2n) is 7.03. The fraction of sp³-hybridized carbons (Fsp3) is 0.0476. The van der Waals surface area contributed by atoms with E-state index in [2.05, 4.69) is 35.8 Å². The van der Waals surface area contributed by atoms with E-state index < -0.39 is 23.3 Å². The molecule has 0 aliphatic rings. The highest BCUT2D eigenvalue weighted by Gasteiger charge is 2.41. The van der Waals surface area contributed by atoms with E-state index in [4.69, 9.17) is 11.6 Å². The second-order valence-corrected chi connectivity index (χ2v) is 7.43. The van der Waals surface area contributed by atoms with Crippen LogP contribution in [0.4, 0.5) is 18.9 Å². The maximum absolute atomic E-state index is 14.1. The van der Waals surface area contributed by atoms with Crippen LogP contribution in [0.15, 0.2) is 61.2 Å². The fourth-order valence-corrected chi connectivity index (χ4v) is 3.71. The topological polar surface area (TPSA) is 114 Å². The molecule has 4 aromatic heterocycles. The third kappa shape index (κ3) is 3.83. The smallest absolute Gasteiger partial charge is 0.320 e. The summed E-state index contributed by atoms with van der Waals surface area (Å²) in [6, 6.07) is 9.29. The summed E-state index contributed by atoms with van der Waals surface area (Å²) >= 11 is 6.20. The minimum atomic E-state index is -4.87. The van der Waals surface area contributed by atoms with Gasteiger partial charge in [-0.25, -0.2) is 4.68 Å². The summed E-state index contributed by atoms with van der Waals surface area (Å²) < 4.78 is 43.0. The van der Waals surface area contributed by atoms with Crippen molar-refractivity contribution in [1.82, 2.24) is 35.2 Å². The number of carbonyl (C=O) groups excluding carboxylic acids is 1. The number of benzene rings is 1. The standard InChI is InChI=1S/C21H12ClF3N8O/c22-14-7-11(8-27-18(14)16-10-28-32-31-16)30-20(34)13-9-29-33(19(13)21(23,24)25)17-5-1-4-15-12(17)3-2-6-26-15/h1-10H,(H,30,34)(H,28,31,32). The molecule has 1 amide bonds. The molecule has 0 fully saturated rings. The van der Waals surface area contributed by atoms with E-state index in [9.17, 15) is 18.0 Å². The Morgan fingerprint density at radius 1 is 1.09 bits per heavy atom. The van der Waals surface area contributed by atoms with Gasteiger partial charge in [-0.05, 0) is 30.3 Å². The summed E-state index contributed by atoms with van der Waals surface area (Å²) in [7, 11) is 0. The number of hydrogen-bond acceptors (Lipinski definition) is 6. The summed E-state index contributed by atoms with van der Waals surface area (Å²) in [4.78, 5) is 21.1. The van der Waals surface area contributed by atoms with Gasteiger partial charge in [0.1, 0.15) is 11.4 Å². The van der Waals surface area contributed by atoms with Crippen molar-refractivity contribution in [3.05, 3.63) is 77.5 Å². The van der Waals surface area contributed by atoms with Crippen molar-refractivity contribution in [2.75, 3.05) is 5.32 Å². The number of nitrogens with one attached hydrogen (secondary N) is 2. The van der Waals surface area contributed by atoms with Crippen molar-refractivity contribution in [3.63, 3.8) is 0 Å². The highest BCUT2D eigenvalue weighted by molar-refractivity contribution is 6.33. The lowest BCUT2D eigenvalue weighted by atomic mass is 10.1. The van der Waals surface area contributed by atoms with E-state index in [1.165, 1.54) is 30.7 Å². The maximum Gasteiger partial charge on any atom is 0.434 e. The minimum Gasteiger partial charge on any atom is -0.320 e. The number of pyridine rings is 2. The van der Waals surface area contributed by atoms with Crippen molar-refractivity contribution in [2.24, 2.45) is 0 Å². The van der Waals surface area contributed by atoms with Crippen LogP contribution >= 0.6 is 11.6 Å². The highest BCUT2D eigenvalue weighted by atomic mass is 35.5. The van der Waals surface area contributed by atoms with E-state index in [-0.39, 0.29) is 16.4 Å². The van der Waals surface area contributed by atoms with Crippen molar-refractivity contribution >= 4 is 34.1 Å². The number of nitrogens with zero attached hydrogens (tertiary/aromatic N) is 6. The third-order valence-corrected chi connectivity index (χ3v) is 5.18. The van der Waals surface area contributed by atoms with Gasteiger partial charge in [0.2, 0.25) is 0 Å². The zero-order valence-corrected chi connectivity index (χ0v) is 17.6. The van der Waals surface area contributed by atoms with Gasteiger partial charge in [0.25, 0.3) is 5.91 Å². The molecular formula is C21H12ClF3N8O. The van der Waals surface area contributed by atoms with Gasteiger partial charge < -0.3 is 5.32 Å². The molecule has 0 bridgehead atoms. The molecule has 0 atom stereocenters. The Labute approximate surface area is 193 Å². The number of hydrogen-bond donors (Lipinski definition) is 2. The van der Waals surface area contributed by atoms with Crippen LogP contribution in [0.5, 0.6) is 0 Å². The molecule has 5 aromatic rings. The van der Waals surface area contributed by atoms with Crippen LogP contribution in [0, 0.1) is 0 Å². The molecule has 9 nitrogen and oxygen atoms in total. The Hall–Kier alpha value is -4.32. The fourth-order valence-electron chi connectivity index (χ4n) is 3.45. The lowest BCUT2D eigenvalue weighted by Gasteiger charge is -2.14. The van der Waals surface area contributed by atoms with Gasteiger partial charge in [0, 0.05) is 11.6 Å². The summed E-state index contributed by atoms with van der Waals surface area (Å²) in [5.41, 5.74) is -0.502. The Bertz CT molecular complexity index is 1510.